The van der Waals surface area contributed by atoms with E-state index in [4.69, 9.17) is 22.9 Å². The molecule has 17 amide bonds. The lowest BCUT2D eigenvalue weighted by Crippen LogP contribution is -2.62. The fraction of sp³-hybridized carbons (Fsp3) is 0.571. The quantitative estimate of drug-likeness (QED) is 0.0261. The van der Waals surface area contributed by atoms with Crippen LogP contribution in [0.1, 0.15) is 156 Å². The molecule has 0 saturated carbocycles. The smallest absolute Gasteiger partial charge is 0.329 e. The number of aliphatic hydroxyl groups excluding tert-OH is 1. The average Bonchev–Trinajstić information content (AvgIpc) is 1.61. The molecule has 5 heterocycles. The molecule has 3 aliphatic rings. The molecule has 0 aliphatic carbocycles. The molecule has 136 heavy (non-hydrogen) atoms. The lowest BCUT2D eigenvalue weighted by molar-refractivity contribution is -0.149. The van der Waals surface area contributed by atoms with Crippen molar-refractivity contribution in [3.05, 3.63) is 101 Å². The van der Waals surface area contributed by atoms with E-state index in [1.54, 1.807) is 70.3 Å². The molecule has 45 heteroatoms. The van der Waals surface area contributed by atoms with E-state index in [-0.39, 0.29) is 106 Å². The summed E-state index contributed by atoms with van der Waals surface area (Å²) in [5, 5.41) is 58.9. The van der Waals surface area contributed by atoms with Crippen molar-refractivity contribution in [2.24, 2.45) is 34.8 Å². The van der Waals surface area contributed by atoms with Crippen LogP contribution in [0, 0.1) is 11.8 Å². The first kappa shape index (κ1) is 108. The van der Waals surface area contributed by atoms with Crippen LogP contribution in [-0.4, -0.2) is 316 Å². The summed E-state index contributed by atoms with van der Waals surface area (Å²) in [4.78, 5) is 286. The van der Waals surface area contributed by atoms with Crippen molar-refractivity contribution in [2.75, 3.05) is 65.4 Å². The number of amides is 17. The summed E-state index contributed by atoms with van der Waals surface area (Å²) in [7, 11) is 3.79. The van der Waals surface area contributed by atoms with Crippen LogP contribution >= 0.6 is 11.8 Å². The third kappa shape index (κ3) is 28.8. The van der Waals surface area contributed by atoms with Gasteiger partial charge in [0.2, 0.25) is 100 Å². The first-order valence-corrected chi connectivity index (χ1v) is 47.0. The fourth-order valence-electron chi connectivity index (χ4n) is 16.9. The van der Waals surface area contributed by atoms with Crippen molar-refractivity contribution in [1.82, 2.24) is 91.8 Å². The molecule has 744 valence electrons. The Labute approximate surface area is 791 Å². The van der Waals surface area contributed by atoms with Crippen molar-refractivity contribution in [3.8, 4) is 5.75 Å². The lowest BCUT2D eigenvalue weighted by Gasteiger charge is -2.36. The minimum atomic E-state index is -1.91. The fourth-order valence-corrected chi connectivity index (χ4v) is 17.7. The number of rotatable bonds is 26. The maximum atomic E-state index is 16.0. The number of nitrogens with one attached hydrogen (secondary N) is 11. The Morgan fingerprint density at radius 3 is 1.74 bits per heavy atom. The number of phenolic OH excluding ortho intramolecular Hbond substituents is 1. The van der Waals surface area contributed by atoms with E-state index < -0.39 is 259 Å². The number of thioether (sulfide) groups is 1. The maximum Gasteiger partial charge on any atom is 0.329 e. The molecule has 0 bridgehead atoms. The number of fused-ring (bicyclic) bond motifs is 4. The van der Waals surface area contributed by atoms with Crippen molar-refractivity contribution in [3.63, 3.8) is 0 Å². The number of nitrogens with two attached hydrogens (primary N) is 4. The SMILES string of the molecule is CCCC[C@H]1C(=O)N(C)[C@@H](CCCC)C(=O)N[C@@H](CC(C)C)C(=O)N[C@H](C(=O)NCC(N)=O)CSCC(=O)N[C@@H](Cc2ccc(O)cc2)C(=O)N(C)[C@@H](C)C(=O)N[C@@H](CC(N)=O)C(=O)N2CCC[C@H]2C(=O)N[C@@H](CN)C(=O)N[C@@H](CC(C)C)C(=O)N2C[C@H](O)C[C@H]2C(=O)N[C@@H](Cc2c[nH]c3ccccc23)C(=O)N[C@@H](CCN)C(=O)N[C@@H](Cn2c(=O)n([C@H](C)C(=O)O)c3ccccc32)C(=O)N1C. The molecule has 3 aliphatic heterocycles. The Kier molecular flexibility index (Phi) is 40.2. The highest BCUT2D eigenvalue weighted by Gasteiger charge is 2.47. The van der Waals surface area contributed by atoms with E-state index in [0.717, 1.165) is 45.4 Å². The van der Waals surface area contributed by atoms with Crippen LogP contribution in [0.3, 0.4) is 0 Å². The number of H-pyrrole nitrogens is 1. The molecule has 3 aromatic carbocycles. The van der Waals surface area contributed by atoms with E-state index in [1.165, 1.54) is 71.4 Å². The Hall–Kier alpha value is -13.0. The summed E-state index contributed by atoms with van der Waals surface area (Å²) in [6.07, 6.45) is -0.729. The van der Waals surface area contributed by atoms with Gasteiger partial charge in [-0.15, -0.1) is 11.8 Å². The van der Waals surface area contributed by atoms with Crippen molar-refractivity contribution < 1.29 is 102 Å². The number of unbranched alkanes of at least 4 members (excludes halogenated alkanes) is 2. The zero-order valence-corrected chi connectivity index (χ0v) is 79.4. The molecule has 8 rings (SSSR count). The number of aliphatic carboxylic acids is 1. The van der Waals surface area contributed by atoms with Crippen molar-refractivity contribution in [2.45, 2.75) is 255 Å². The van der Waals surface area contributed by atoms with Gasteiger partial charge in [0.1, 0.15) is 96.4 Å². The first-order valence-electron chi connectivity index (χ1n) is 45.8. The molecule has 22 N–H and O–H groups in total. The molecule has 16 atom stereocenters. The van der Waals surface area contributed by atoms with E-state index in [1.807, 2.05) is 13.8 Å². The highest BCUT2D eigenvalue weighted by molar-refractivity contribution is 8.00. The number of nitrogens with zero attached hydrogens (tertiary/aromatic N) is 7. The van der Waals surface area contributed by atoms with Gasteiger partial charge < -0.3 is 121 Å². The number of aromatic amines is 1. The van der Waals surface area contributed by atoms with E-state index in [0.29, 0.717) is 41.3 Å². The summed E-state index contributed by atoms with van der Waals surface area (Å²) < 4.78 is 2.04. The van der Waals surface area contributed by atoms with Gasteiger partial charge in [-0.2, -0.15) is 0 Å². The van der Waals surface area contributed by atoms with Crippen LogP contribution in [0.5, 0.6) is 5.75 Å². The second kappa shape index (κ2) is 50.5. The number of carbonyl (C=O) groups is 18. The van der Waals surface area contributed by atoms with Crippen LogP contribution in [0.4, 0.5) is 0 Å². The molecular formula is C91H132N22O22S. The number of carboxylic acids is 1. The Bertz CT molecular complexity index is 5220. The molecular weight excluding hydrogens is 1790 g/mol. The number of carbonyl (C=O) groups excluding carboxylic acids is 17. The van der Waals surface area contributed by atoms with Crippen LogP contribution in [-0.2, 0) is 106 Å². The number of para-hydroxylation sites is 3. The number of primary amides is 2. The second-order valence-corrected chi connectivity index (χ2v) is 36.7. The van der Waals surface area contributed by atoms with Gasteiger partial charge in [-0.1, -0.05) is 110 Å². The van der Waals surface area contributed by atoms with Crippen molar-refractivity contribution in [1.29, 1.82) is 0 Å². The second-order valence-electron chi connectivity index (χ2n) is 35.7. The first-order chi connectivity index (χ1) is 64.4. The standard InChI is InChI=1S/C91H132N22O22S/c1-12-14-23-69-82(125)100-59(35-48(3)4)79(122)106-66(77(120)97-43-74(95)117)46-136-47-75(118)98-62(37-52-28-30-54(114)31-29-52)85(128)107(9)50(7)76(119)102-63(40-73(94)116)87(130)110-34-20-27-70(110)83(126)104-64(41-93)81(124)103-61(36-49(5)6)88(131)111-44-55(115)39-72(111)84(127)101-60(38-53-42-96-57-22-17-16-21-56(53)57)80(123)99-58(32-33-92)78(121)105-65(86(129)109(11)71(24-15-13-2)89(132)108(69)10)45-112-67-25-18-19-26-68(67)113(91(112)135)51(8)90(133)134/h16-19,21-22,25-26,28-31,42,48-51,55,58-66,69-72,96,114-115H,12-15,20,23-24,27,32-41,43-47,92-93H2,1-11H3,(H2,94,116)(H2,95,117)(H,97,120)(H,98,118)(H,99,123)(H,100,125)(H,101,127)(H,102,119)(H,103,124)(H,104,126)(H,105,121)(H,106,122)(H,133,134)/t50-,51+,55+,58-,59-,60-,61-,62-,63-,64-,65-,66-,69-,70-,71-,72-/m0/s1. The molecule has 44 nitrogen and oxygen atoms in total. The molecule has 5 aromatic rings. The van der Waals surface area contributed by atoms with Gasteiger partial charge in [-0.05, 0) is 119 Å². The normalized spacial score (nSPS) is 25.0. The van der Waals surface area contributed by atoms with Gasteiger partial charge in [-0.3, -0.25) is 90.6 Å². The third-order valence-corrected chi connectivity index (χ3v) is 25.5. The van der Waals surface area contributed by atoms with Crippen LogP contribution in [0.2, 0.25) is 0 Å². The van der Waals surface area contributed by atoms with Gasteiger partial charge >= 0.3 is 11.7 Å². The highest BCUT2D eigenvalue weighted by Crippen LogP contribution is 2.28. The zero-order valence-electron chi connectivity index (χ0n) is 78.6. The Balaban J connectivity index is 1.22. The van der Waals surface area contributed by atoms with Crippen LogP contribution < -0.4 is 81.8 Å². The van der Waals surface area contributed by atoms with Gasteiger partial charge in [0.15, 0.2) is 0 Å². The minimum Gasteiger partial charge on any atom is -0.508 e. The largest absolute Gasteiger partial charge is 0.508 e. The van der Waals surface area contributed by atoms with Gasteiger partial charge in [0.25, 0.3) is 0 Å². The summed E-state index contributed by atoms with van der Waals surface area (Å²) in [5.74, 6) is -19.7. The highest BCUT2D eigenvalue weighted by atomic mass is 32.2. The number of likely N-dealkylation sites (N-methyl/N-ethyl adjacent to an activating group) is 3. The number of benzene rings is 3. The molecule has 0 radical (unpaired) electrons. The number of hydrogen-bond donors (Lipinski definition) is 18. The third-order valence-electron chi connectivity index (χ3n) is 24.5. The number of carboxylic acid groups (broad SMARTS) is 1. The summed E-state index contributed by atoms with van der Waals surface area (Å²) in [6.45, 7) is 10.0. The number of aromatic hydroxyl groups is 1. The molecule has 0 unspecified atom stereocenters. The monoisotopic (exact) mass is 1920 g/mol. The summed E-state index contributed by atoms with van der Waals surface area (Å²) in [5.41, 5.74) is 24.3. The van der Waals surface area contributed by atoms with Crippen molar-refractivity contribution >= 4 is 140 Å². The number of aliphatic hydroxyl groups is 1. The molecule has 3 saturated heterocycles. The number of phenols is 1. The molecule has 2 aromatic heterocycles. The van der Waals surface area contributed by atoms with Crippen LogP contribution in [0.15, 0.2) is 83.8 Å². The minimum absolute atomic E-state index is 0.0267. The predicted molar refractivity (Wildman–Crippen MR) is 500 cm³/mol. The number of hydrogen-bond acceptors (Lipinski definition) is 24. The summed E-state index contributed by atoms with van der Waals surface area (Å²) in [6, 6.07) is -5.13. The maximum absolute atomic E-state index is 16.0. The van der Waals surface area contributed by atoms with Gasteiger partial charge in [-0.25, -0.2) is 9.59 Å². The van der Waals surface area contributed by atoms with E-state index in [9.17, 15) is 72.9 Å². The topological polar surface area (TPSA) is 651 Å². The Morgan fingerprint density at radius 2 is 1.10 bits per heavy atom. The van der Waals surface area contributed by atoms with E-state index in [2.05, 4.69) is 58.2 Å². The lowest BCUT2D eigenvalue weighted by atomic mass is 10.00. The average molecular weight is 1920 g/mol. The predicted octanol–water partition coefficient (Wildman–Crippen LogP) is -3.06. The molecule has 3 fully saturated rings. The van der Waals surface area contributed by atoms with E-state index >= 15 is 33.6 Å². The molecule has 0 spiro atoms. The zero-order chi connectivity index (χ0) is 100. The van der Waals surface area contributed by atoms with Crippen LogP contribution in [0.25, 0.3) is 21.9 Å². The number of imidazole rings is 1. The van der Waals surface area contributed by atoms with Gasteiger partial charge in [0, 0.05) is 82.9 Å². The van der Waals surface area contributed by atoms with Gasteiger partial charge in [0.05, 0.1) is 42.4 Å². The Morgan fingerprint density at radius 1 is 0.551 bits per heavy atom. The summed E-state index contributed by atoms with van der Waals surface area (Å²) >= 11 is 0.771. The number of aromatic nitrogens is 3.